The van der Waals surface area contributed by atoms with Crippen molar-refractivity contribution in [2.45, 2.75) is 24.9 Å². The second kappa shape index (κ2) is 10.9. The summed E-state index contributed by atoms with van der Waals surface area (Å²) in [6.07, 6.45) is -3.60. The molecular weight excluding hydrogens is 451 g/mol. The third-order valence-electron chi connectivity index (χ3n) is 5.58. The highest BCUT2D eigenvalue weighted by atomic mass is 19.4. The molecule has 6 heteroatoms. The average Bonchev–Trinajstić information content (AvgIpc) is 2.85. The van der Waals surface area contributed by atoms with E-state index in [1.54, 1.807) is 0 Å². The van der Waals surface area contributed by atoms with Gasteiger partial charge in [0.25, 0.3) is 0 Å². The molecule has 4 aromatic carbocycles. The van der Waals surface area contributed by atoms with Crippen LogP contribution in [0.4, 0.5) is 18.9 Å². The summed E-state index contributed by atoms with van der Waals surface area (Å²) in [7, 11) is 0. The fourth-order valence-corrected chi connectivity index (χ4v) is 3.82. The van der Waals surface area contributed by atoms with Crippen LogP contribution < -0.4 is 10.1 Å². The molecule has 3 nitrogen and oxygen atoms in total. The lowest BCUT2D eigenvalue weighted by molar-refractivity contribution is -0.137. The van der Waals surface area contributed by atoms with E-state index < -0.39 is 11.7 Å². The number of nitrogens with one attached hydrogen (secondary N) is 1. The van der Waals surface area contributed by atoms with Crippen LogP contribution in [0.3, 0.4) is 0 Å². The van der Waals surface area contributed by atoms with Crippen molar-refractivity contribution in [2.75, 3.05) is 5.32 Å². The topological polar surface area (TPSA) is 38.3 Å². The molecule has 0 radical (unpaired) electrons. The number of carbonyl (C=O) groups is 1. The Kier molecular flexibility index (Phi) is 7.51. The summed E-state index contributed by atoms with van der Waals surface area (Å²) in [4.78, 5) is 12.8. The smallest absolute Gasteiger partial charge is 0.416 e. The fourth-order valence-electron chi connectivity index (χ4n) is 3.82. The largest absolute Gasteiger partial charge is 0.457 e. The van der Waals surface area contributed by atoms with Crippen LogP contribution in [-0.2, 0) is 17.4 Å². The zero-order chi connectivity index (χ0) is 24.7. The van der Waals surface area contributed by atoms with Crippen LogP contribution in [0.25, 0.3) is 0 Å². The first-order valence-corrected chi connectivity index (χ1v) is 11.2. The minimum atomic E-state index is -4.42. The van der Waals surface area contributed by atoms with E-state index in [0.29, 0.717) is 17.9 Å². The normalized spacial score (nSPS) is 12.1. The maximum Gasteiger partial charge on any atom is 0.416 e. The monoisotopic (exact) mass is 475 g/mol. The second-order valence-corrected chi connectivity index (χ2v) is 8.20. The van der Waals surface area contributed by atoms with E-state index in [9.17, 15) is 18.0 Å². The van der Waals surface area contributed by atoms with Crippen LogP contribution in [0.5, 0.6) is 11.5 Å². The molecule has 0 spiro atoms. The van der Waals surface area contributed by atoms with Gasteiger partial charge in [-0.3, -0.25) is 4.79 Å². The Morgan fingerprint density at radius 3 is 1.91 bits per heavy atom. The molecule has 178 valence electrons. The van der Waals surface area contributed by atoms with Crippen molar-refractivity contribution in [3.8, 4) is 11.5 Å². The zero-order valence-corrected chi connectivity index (χ0v) is 18.8. The Balaban J connectivity index is 1.48. The van der Waals surface area contributed by atoms with Gasteiger partial charge in [-0.05, 0) is 72.0 Å². The van der Waals surface area contributed by atoms with Gasteiger partial charge >= 0.3 is 6.18 Å². The van der Waals surface area contributed by atoms with Gasteiger partial charge in [-0.15, -0.1) is 0 Å². The number of halogens is 3. The molecule has 0 aromatic heterocycles. The van der Waals surface area contributed by atoms with Gasteiger partial charge in [-0.2, -0.15) is 13.2 Å². The molecule has 1 amide bonds. The minimum absolute atomic E-state index is 0.127. The van der Waals surface area contributed by atoms with Crippen molar-refractivity contribution in [3.63, 3.8) is 0 Å². The Bertz CT molecular complexity index is 1220. The Morgan fingerprint density at radius 2 is 1.31 bits per heavy atom. The van der Waals surface area contributed by atoms with E-state index in [2.05, 4.69) is 5.32 Å². The molecule has 4 aromatic rings. The molecule has 0 heterocycles. The third kappa shape index (κ3) is 6.96. The zero-order valence-electron chi connectivity index (χ0n) is 18.8. The number of carbonyl (C=O) groups excluding carboxylic acids is 1. The maximum atomic E-state index is 12.8. The number of amides is 1. The van der Waals surface area contributed by atoms with Crippen molar-refractivity contribution in [3.05, 3.63) is 126 Å². The van der Waals surface area contributed by atoms with E-state index in [4.69, 9.17) is 4.74 Å². The van der Waals surface area contributed by atoms with Gasteiger partial charge in [-0.1, -0.05) is 60.7 Å². The highest BCUT2D eigenvalue weighted by Crippen LogP contribution is 2.31. The van der Waals surface area contributed by atoms with Gasteiger partial charge in [0.1, 0.15) is 11.5 Å². The number of benzene rings is 4. The molecule has 4 rings (SSSR count). The molecule has 0 saturated carbocycles. The van der Waals surface area contributed by atoms with E-state index in [-0.39, 0.29) is 18.2 Å². The van der Waals surface area contributed by atoms with Crippen LogP contribution in [0.2, 0.25) is 0 Å². The summed E-state index contributed by atoms with van der Waals surface area (Å²) in [5.41, 5.74) is 1.63. The number of ether oxygens (including phenoxy) is 1. The van der Waals surface area contributed by atoms with Gasteiger partial charge in [0.2, 0.25) is 5.91 Å². The molecule has 1 N–H and O–H groups in total. The third-order valence-corrected chi connectivity index (χ3v) is 5.58. The molecule has 0 aliphatic carbocycles. The van der Waals surface area contributed by atoms with Crippen LogP contribution in [0.15, 0.2) is 109 Å². The summed E-state index contributed by atoms with van der Waals surface area (Å²) in [5.74, 6) is 1.03. The lowest BCUT2D eigenvalue weighted by Crippen LogP contribution is -2.17. The average molecular weight is 476 g/mol. The lowest BCUT2D eigenvalue weighted by atomic mass is 9.89. The van der Waals surface area contributed by atoms with Gasteiger partial charge in [0.15, 0.2) is 0 Å². The van der Waals surface area contributed by atoms with Gasteiger partial charge < -0.3 is 10.1 Å². The summed E-state index contributed by atoms with van der Waals surface area (Å²) >= 11 is 0. The van der Waals surface area contributed by atoms with Gasteiger partial charge in [0, 0.05) is 12.1 Å². The Hall–Kier alpha value is -4.06. The molecule has 0 bridgehead atoms. The van der Waals surface area contributed by atoms with Crippen molar-refractivity contribution < 1.29 is 22.7 Å². The fraction of sp³-hybridized carbons (Fsp3) is 0.138. The quantitative estimate of drug-likeness (QED) is 0.282. The molecule has 0 fully saturated rings. The molecule has 1 atom stereocenters. The van der Waals surface area contributed by atoms with Crippen molar-refractivity contribution in [1.29, 1.82) is 0 Å². The second-order valence-electron chi connectivity index (χ2n) is 8.20. The van der Waals surface area contributed by atoms with E-state index >= 15 is 0 Å². The van der Waals surface area contributed by atoms with Crippen molar-refractivity contribution in [1.82, 2.24) is 0 Å². The number of hydrogen-bond acceptors (Lipinski definition) is 2. The first kappa shape index (κ1) is 24.1. The van der Waals surface area contributed by atoms with Crippen LogP contribution in [-0.4, -0.2) is 5.91 Å². The predicted molar refractivity (Wildman–Crippen MR) is 131 cm³/mol. The van der Waals surface area contributed by atoms with Crippen molar-refractivity contribution >= 4 is 11.6 Å². The van der Waals surface area contributed by atoms with Crippen molar-refractivity contribution in [2.24, 2.45) is 0 Å². The number of rotatable bonds is 8. The van der Waals surface area contributed by atoms with Crippen LogP contribution in [0.1, 0.15) is 29.0 Å². The van der Waals surface area contributed by atoms with E-state index in [0.717, 1.165) is 29.0 Å². The van der Waals surface area contributed by atoms with Gasteiger partial charge in [-0.25, -0.2) is 0 Å². The SMILES string of the molecule is O=C(C[C@@H](Cc1ccccc1)c1ccc(Oc2ccccc2)cc1)Nc1ccc(C(F)(F)F)cc1. The predicted octanol–water partition coefficient (Wildman–Crippen LogP) is 7.85. The van der Waals surface area contributed by atoms with Crippen LogP contribution in [0, 0.1) is 0 Å². The number of alkyl halides is 3. The maximum absolute atomic E-state index is 12.8. The summed E-state index contributed by atoms with van der Waals surface area (Å²) in [6, 6.07) is 31.4. The summed E-state index contributed by atoms with van der Waals surface area (Å²) in [5, 5.41) is 2.72. The molecule has 0 saturated heterocycles. The summed E-state index contributed by atoms with van der Waals surface area (Å²) < 4.78 is 44.3. The van der Waals surface area contributed by atoms with E-state index in [1.807, 2.05) is 84.9 Å². The minimum Gasteiger partial charge on any atom is -0.457 e. The molecule has 0 aliphatic heterocycles. The highest BCUT2D eigenvalue weighted by Gasteiger charge is 2.30. The first-order valence-electron chi connectivity index (χ1n) is 11.2. The molecular formula is C29H24F3NO2. The van der Waals surface area contributed by atoms with E-state index in [1.165, 1.54) is 12.1 Å². The molecule has 0 aliphatic rings. The number of hydrogen-bond donors (Lipinski definition) is 1. The highest BCUT2D eigenvalue weighted by molar-refractivity contribution is 5.91. The standard InChI is InChI=1S/C29H24F3NO2/c30-29(31,32)24-13-15-25(16-14-24)33-28(34)20-23(19-21-7-3-1-4-8-21)22-11-17-27(18-12-22)35-26-9-5-2-6-10-26/h1-18,23H,19-20H2,(H,33,34)/t23-/m1/s1. The molecule has 35 heavy (non-hydrogen) atoms. The van der Waals surface area contributed by atoms with Crippen LogP contribution >= 0.6 is 0 Å². The summed E-state index contributed by atoms with van der Waals surface area (Å²) in [6.45, 7) is 0. The first-order chi connectivity index (χ1) is 16.9. The Morgan fingerprint density at radius 1 is 0.743 bits per heavy atom. The molecule has 0 unspecified atom stereocenters. The van der Waals surface area contributed by atoms with Gasteiger partial charge in [0.05, 0.1) is 5.56 Å². The number of para-hydroxylation sites is 1. The Labute approximate surface area is 202 Å². The lowest BCUT2D eigenvalue weighted by Gasteiger charge is -2.18. The number of anilines is 1.